The average Bonchev–Trinajstić information content (AvgIpc) is 3.34. The van der Waals surface area contributed by atoms with Crippen LogP contribution in [0.25, 0.3) is 10.9 Å². The second-order valence-electron chi connectivity index (χ2n) is 7.28. The Morgan fingerprint density at radius 2 is 2.04 bits per heavy atom. The fourth-order valence-electron chi connectivity index (χ4n) is 3.83. The SMILES string of the molecule is Cc1ccc(CN(C(=O)c2ccc3c(=O)n(C)cnc3c2)C2CCCC2)s1. The van der Waals surface area contributed by atoms with Gasteiger partial charge in [-0.1, -0.05) is 12.8 Å². The molecule has 0 atom stereocenters. The molecule has 0 radical (unpaired) electrons. The summed E-state index contributed by atoms with van der Waals surface area (Å²) >= 11 is 1.74. The minimum Gasteiger partial charge on any atom is -0.331 e. The summed E-state index contributed by atoms with van der Waals surface area (Å²) in [5.74, 6) is 0.0253. The molecule has 2 heterocycles. The smallest absolute Gasteiger partial charge is 0.260 e. The molecule has 4 rings (SSSR count). The molecular formula is C21H23N3O2S. The zero-order valence-corrected chi connectivity index (χ0v) is 16.5. The van der Waals surface area contributed by atoms with Crippen molar-refractivity contribution in [2.45, 2.75) is 45.2 Å². The van der Waals surface area contributed by atoms with Gasteiger partial charge in [0.05, 0.1) is 23.8 Å². The molecule has 5 nitrogen and oxygen atoms in total. The number of amides is 1. The molecule has 0 saturated heterocycles. The lowest BCUT2D eigenvalue weighted by atomic mass is 10.1. The Morgan fingerprint density at radius 3 is 2.74 bits per heavy atom. The first kappa shape index (κ1) is 17.9. The lowest BCUT2D eigenvalue weighted by Gasteiger charge is -2.29. The lowest BCUT2D eigenvalue weighted by Crippen LogP contribution is -2.38. The van der Waals surface area contributed by atoms with E-state index in [1.165, 1.54) is 33.5 Å². The van der Waals surface area contributed by atoms with Crippen molar-refractivity contribution >= 4 is 28.1 Å². The highest BCUT2D eigenvalue weighted by Gasteiger charge is 2.28. The molecule has 0 spiro atoms. The van der Waals surface area contributed by atoms with Gasteiger partial charge in [0.25, 0.3) is 11.5 Å². The molecule has 2 aromatic heterocycles. The molecule has 3 aromatic rings. The van der Waals surface area contributed by atoms with E-state index in [1.807, 2.05) is 4.90 Å². The largest absolute Gasteiger partial charge is 0.331 e. The second kappa shape index (κ2) is 7.27. The summed E-state index contributed by atoms with van der Waals surface area (Å²) < 4.78 is 1.45. The van der Waals surface area contributed by atoms with Crippen molar-refractivity contribution in [2.75, 3.05) is 0 Å². The molecule has 0 N–H and O–H groups in total. The molecule has 0 bridgehead atoms. The van der Waals surface area contributed by atoms with E-state index in [0.717, 1.165) is 12.8 Å². The Hall–Kier alpha value is -2.47. The van der Waals surface area contributed by atoms with Crippen molar-refractivity contribution in [3.8, 4) is 0 Å². The Balaban J connectivity index is 1.68. The Kier molecular flexibility index (Phi) is 4.83. The van der Waals surface area contributed by atoms with Crippen LogP contribution in [0.4, 0.5) is 0 Å². The summed E-state index contributed by atoms with van der Waals surface area (Å²) in [7, 11) is 1.68. The Labute approximate surface area is 162 Å². The van der Waals surface area contributed by atoms with Crippen LogP contribution >= 0.6 is 11.3 Å². The van der Waals surface area contributed by atoms with Crippen LogP contribution in [-0.4, -0.2) is 26.4 Å². The number of rotatable bonds is 4. The molecule has 0 aliphatic heterocycles. The molecule has 1 aromatic carbocycles. The summed E-state index contributed by atoms with van der Waals surface area (Å²) in [6.07, 6.45) is 5.97. The zero-order chi connectivity index (χ0) is 19.0. The molecule has 0 unspecified atom stereocenters. The van der Waals surface area contributed by atoms with E-state index >= 15 is 0 Å². The van der Waals surface area contributed by atoms with Crippen molar-refractivity contribution in [3.63, 3.8) is 0 Å². The number of aryl methyl sites for hydroxylation is 2. The van der Waals surface area contributed by atoms with E-state index in [1.54, 1.807) is 36.6 Å². The summed E-state index contributed by atoms with van der Waals surface area (Å²) in [4.78, 5) is 34.4. The lowest BCUT2D eigenvalue weighted by molar-refractivity contribution is 0.0667. The van der Waals surface area contributed by atoms with Crippen LogP contribution in [0.5, 0.6) is 0 Å². The van der Waals surface area contributed by atoms with Gasteiger partial charge in [0.2, 0.25) is 0 Å². The fraction of sp³-hybridized carbons (Fsp3) is 0.381. The average molecular weight is 382 g/mol. The molecule has 1 fully saturated rings. The molecular weight excluding hydrogens is 358 g/mol. The first-order chi connectivity index (χ1) is 13.0. The monoisotopic (exact) mass is 381 g/mol. The minimum atomic E-state index is -0.0966. The molecule has 140 valence electrons. The number of fused-ring (bicyclic) bond motifs is 1. The van der Waals surface area contributed by atoms with Gasteiger partial charge in [-0.3, -0.25) is 9.59 Å². The van der Waals surface area contributed by atoms with E-state index in [4.69, 9.17) is 0 Å². The number of hydrogen-bond donors (Lipinski definition) is 0. The number of nitrogens with zero attached hydrogens (tertiary/aromatic N) is 3. The second-order valence-corrected chi connectivity index (χ2v) is 8.65. The highest BCUT2D eigenvalue weighted by Crippen LogP contribution is 2.28. The van der Waals surface area contributed by atoms with Crippen molar-refractivity contribution in [1.29, 1.82) is 0 Å². The first-order valence-electron chi connectivity index (χ1n) is 9.34. The van der Waals surface area contributed by atoms with Gasteiger partial charge in [-0.25, -0.2) is 4.98 Å². The van der Waals surface area contributed by atoms with Crippen LogP contribution in [0, 0.1) is 6.92 Å². The van der Waals surface area contributed by atoms with Gasteiger partial charge in [-0.15, -0.1) is 11.3 Å². The summed E-state index contributed by atoms with van der Waals surface area (Å²) in [6.45, 7) is 2.73. The van der Waals surface area contributed by atoms with Gasteiger partial charge in [0.15, 0.2) is 0 Å². The van der Waals surface area contributed by atoms with E-state index in [9.17, 15) is 9.59 Å². The van der Waals surface area contributed by atoms with Crippen LogP contribution in [-0.2, 0) is 13.6 Å². The van der Waals surface area contributed by atoms with Crippen LogP contribution in [0.15, 0.2) is 41.5 Å². The quantitative estimate of drug-likeness (QED) is 0.689. The van der Waals surface area contributed by atoms with E-state index in [-0.39, 0.29) is 17.5 Å². The number of aromatic nitrogens is 2. The summed E-state index contributed by atoms with van der Waals surface area (Å²) in [5.41, 5.74) is 1.08. The third kappa shape index (κ3) is 3.54. The first-order valence-corrected chi connectivity index (χ1v) is 10.2. The van der Waals surface area contributed by atoms with Crippen LogP contribution in [0.2, 0.25) is 0 Å². The van der Waals surface area contributed by atoms with Gasteiger partial charge in [0, 0.05) is 28.4 Å². The standard InChI is InChI=1S/C21H23N3O2S/c1-14-7-9-17(27-14)12-24(16-5-3-4-6-16)20(25)15-8-10-18-19(11-15)22-13-23(2)21(18)26/h7-11,13,16H,3-6,12H2,1-2H3. The van der Waals surface area contributed by atoms with Crippen molar-refractivity contribution in [2.24, 2.45) is 7.05 Å². The normalized spacial score (nSPS) is 14.7. The molecule has 1 amide bonds. The molecule has 1 saturated carbocycles. The molecule has 1 aliphatic carbocycles. The third-order valence-electron chi connectivity index (χ3n) is 5.31. The highest BCUT2D eigenvalue weighted by molar-refractivity contribution is 7.11. The van der Waals surface area contributed by atoms with Crippen molar-refractivity contribution < 1.29 is 4.79 Å². The predicted molar refractivity (Wildman–Crippen MR) is 108 cm³/mol. The molecule has 27 heavy (non-hydrogen) atoms. The number of carbonyl (C=O) groups is 1. The van der Waals surface area contributed by atoms with Crippen LogP contribution < -0.4 is 5.56 Å². The van der Waals surface area contributed by atoms with Gasteiger partial charge < -0.3 is 9.47 Å². The maximum absolute atomic E-state index is 13.4. The van der Waals surface area contributed by atoms with Crippen molar-refractivity contribution in [1.82, 2.24) is 14.5 Å². The van der Waals surface area contributed by atoms with Crippen LogP contribution in [0.3, 0.4) is 0 Å². The van der Waals surface area contributed by atoms with Gasteiger partial charge in [-0.05, 0) is 50.1 Å². The number of carbonyl (C=O) groups excluding carboxylic acids is 1. The molecule has 6 heteroatoms. The fourth-order valence-corrected chi connectivity index (χ4v) is 4.72. The number of hydrogen-bond acceptors (Lipinski definition) is 4. The number of thiophene rings is 1. The maximum atomic E-state index is 13.4. The zero-order valence-electron chi connectivity index (χ0n) is 15.6. The van der Waals surface area contributed by atoms with E-state index in [0.29, 0.717) is 23.0 Å². The summed E-state index contributed by atoms with van der Waals surface area (Å²) in [5, 5.41) is 0.540. The van der Waals surface area contributed by atoms with Gasteiger partial charge in [0.1, 0.15) is 0 Å². The number of benzene rings is 1. The predicted octanol–water partition coefficient (Wildman–Crippen LogP) is 3.89. The highest BCUT2D eigenvalue weighted by atomic mass is 32.1. The van der Waals surface area contributed by atoms with Gasteiger partial charge in [-0.2, -0.15) is 0 Å². The Bertz CT molecular complexity index is 1050. The Morgan fingerprint density at radius 1 is 1.26 bits per heavy atom. The molecule has 1 aliphatic rings. The third-order valence-corrected chi connectivity index (χ3v) is 6.30. The maximum Gasteiger partial charge on any atom is 0.260 e. The topological polar surface area (TPSA) is 55.2 Å². The van der Waals surface area contributed by atoms with Gasteiger partial charge >= 0.3 is 0 Å². The summed E-state index contributed by atoms with van der Waals surface area (Å²) in [6, 6.07) is 9.73. The van der Waals surface area contributed by atoms with Crippen LogP contribution in [0.1, 0.15) is 45.8 Å². The van der Waals surface area contributed by atoms with Crippen molar-refractivity contribution in [3.05, 3.63) is 62.3 Å². The van der Waals surface area contributed by atoms with E-state index in [2.05, 4.69) is 24.0 Å². The minimum absolute atomic E-state index is 0.0253. The van der Waals surface area contributed by atoms with E-state index < -0.39 is 0 Å².